The Morgan fingerprint density at radius 2 is 1.71 bits per heavy atom. The molecular formula is C21H37N3O4. The largest absolute Gasteiger partial charge is 0.465 e. The van der Waals surface area contributed by atoms with Crippen LogP contribution in [0.3, 0.4) is 0 Å². The maximum absolute atomic E-state index is 12.5. The number of carbonyl (C=O) groups is 2. The average molecular weight is 396 g/mol. The van der Waals surface area contributed by atoms with Crippen LogP contribution in [0.1, 0.15) is 53.4 Å². The van der Waals surface area contributed by atoms with Gasteiger partial charge in [-0.15, -0.1) is 0 Å². The third-order valence-corrected chi connectivity index (χ3v) is 6.74. The van der Waals surface area contributed by atoms with E-state index in [4.69, 9.17) is 4.74 Å². The van der Waals surface area contributed by atoms with Gasteiger partial charge in [0.2, 0.25) is 0 Å². The van der Waals surface area contributed by atoms with E-state index in [0.29, 0.717) is 36.9 Å². The summed E-state index contributed by atoms with van der Waals surface area (Å²) >= 11 is 0. The number of amides is 2. The van der Waals surface area contributed by atoms with Crippen LogP contribution >= 0.6 is 0 Å². The van der Waals surface area contributed by atoms with E-state index in [9.17, 15) is 14.7 Å². The third-order valence-electron chi connectivity index (χ3n) is 6.74. The van der Waals surface area contributed by atoms with Gasteiger partial charge in [-0.3, -0.25) is 4.90 Å². The molecule has 0 aromatic carbocycles. The minimum atomic E-state index is -0.805. The number of likely N-dealkylation sites (tertiary alicyclic amines) is 3. The zero-order valence-corrected chi connectivity index (χ0v) is 17.9. The van der Waals surface area contributed by atoms with E-state index in [1.807, 2.05) is 18.7 Å². The highest BCUT2D eigenvalue weighted by atomic mass is 16.6. The van der Waals surface area contributed by atoms with Crippen LogP contribution in [-0.4, -0.2) is 82.9 Å². The highest BCUT2D eigenvalue weighted by Gasteiger charge is 2.38. The minimum absolute atomic E-state index is 0.168. The second kappa shape index (κ2) is 8.47. The Balaban J connectivity index is 1.47. The molecule has 3 heterocycles. The zero-order chi connectivity index (χ0) is 20.5. The van der Waals surface area contributed by atoms with Crippen molar-refractivity contribution in [1.82, 2.24) is 14.7 Å². The number of carbonyl (C=O) groups excluding carboxylic acids is 1. The van der Waals surface area contributed by atoms with Crippen molar-refractivity contribution in [3.63, 3.8) is 0 Å². The monoisotopic (exact) mass is 395 g/mol. The summed E-state index contributed by atoms with van der Waals surface area (Å²) in [6, 6.07) is 0.456. The van der Waals surface area contributed by atoms with Crippen LogP contribution in [0.25, 0.3) is 0 Å². The van der Waals surface area contributed by atoms with Crippen molar-refractivity contribution in [3.8, 4) is 0 Å². The van der Waals surface area contributed by atoms with E-state index in [1.165, 1.54) is 4.90 Å². The van der Waals surface area contributed by atoms with E-state index in [1.54, 1.807) is 0 Å². The van der Waals surface area contributed by atoms with Crippen LogP contribution in [0.2, 0.25) is 0 Å². The molecule has 7 heteroatoms. The SMILES string of the molecule is CC1CCN(C(=O)OC(C)(C)CC2CCN(C3CCN(C(=O)O)CC3C)C2)C1. The molecule has 2 amide bonds. The lowest BCUT2D eigenvalue weighted by atomic mass is 9.91. The first-order chi connectivity index (χ1) is 13.1. The van der Waals surface area contributed by atoms with Crippen LogP contribution < -0.4 is 0 Å². The highest BCUT2D eigenvalue weighted by molar-refractivity contribution is 5.68. The molecule has 3 saturated heterocycles. The van der Waals surface area contributed by atoms with Gasteiger partial charge in [-0.05, 0) is 63.8 Å². The Labute approximate surface area is 169 Å². The van der Waals surface area contributed by atoms with Crippen molar-refractivity contribution in [2.24, 2.45) is 17.8 Å². The van der Waals surface area contributed by atoms with Crippen LogP contribution in [0, 0.1) is 17.8 Å². The van der Waals surface area contributed by atoms with Gasteiger partial charge >= 0.3 is 12.2 Å². The van der Waals surface area contributed by atoms with Gasteiger partial charge in [0.1, 0.15) is 5.60 Å². The predicted molar refractivity (Wildman–Crippen MR) is 107 cm³/mol. The molecular weight excluding hydrogens is 358 g/mol. The van der Waals surface area contributed by atoms with Crippen LogP contribution in [0.5, 0.6) is 0 Å². The molecule has 1 N–H and O–H groups in total. The summed E-state index contributed by atoms with van der Waals surface area (Å²) in [5.74, 6) is 1.44. The molecule has 4 unspecified atom stereocenters. The first-order valence-electron chi connectivity index (χ1n) is 10.8. The Kier molecular flexibility index (Phi) is 6.42. The molecule has 0 aromatic heterocycles. The molecule has 0 bridgehead atoms. The normalized spacial score (nSPS) is 32.0. The molecule has 7 nitrogen and oxygen atoms in total. The first-order valence-corrected chi connectivity index (χ1v) is 10.8. The number of ether oxygens (including phenoxy) is 1. The quantitative estimate of drug-likeness (QED) is 0.790. The Hall–Kier alpha value is -1.50. The fraction of sp³-hybridized carbons (Fsp3) is 0.905. The number of hydrogen-bond donors (Lipinski definition) is 1. The molecule has 0 radical (unpaired) electrons. The molecule has 4 atom stereocenters. The van der Waals surface area contributed by atoms with Crippen molar-refractivity contribution in [1.29, 1.82) is 0 Å². The van der Waals surface area contributed by atoms with Gasteiger partial charge in [-0.1, -0.05) is 13.8 Å². The van der Waals surface area contributed by atoms with E-state index < -0.39 is 11.7 Å². The highest BCUT2D eigenvalue weighted by Crippen LogP contribution is 2.33. The Morgan fingerprint density at radius 1 is 1.00 bits per heavy atom. The van der Waals surface area contributed by atoms with Crippen molar-refractivity contribution in [2.75, 3.05) is 39.3 Å². The van der Waals surface area contributed by atoms with Gasteiger partial charge in [0.05, 0.1) is 0 Å². The van der Waals surface area contributed by atoms with Gasteiger partial charge in [0, 0.05) is 38.8 Å². The zero-order valence-electron chi connectivity index (χ0n) is 17.9. The Bertz CT molecular complexity index is 582. The van der Waals surface area contributed by atoms with E-state index in [-0.39, 0.29) is 6.09 Å². The van der Waals surface area contributed by atoms with Crippen molar-refractivity contribution < 1.29 is 19.4 Å². The predicted octanol–water partition coefficient (Wildman–Crippen LogP) is 3.34. The topological polar surface area (TPSA) is 73.3 Å². The summed E-state index contributed by atoms with van der Waals surface area (Å²) in [5, 5.41) is 9.21. The summed E-state index contributed by atoms with van der Waals surface area (Å²) in [5.41, 5.74) is -0.456. The standard InChI is InChI=1S/C21H37N3O4/c1-15-5-8-24(12-15)20(27)28-21(3,4)11-17-6-9-22(14-17)18-7-10-23(19(25)26)13-16(18)2/h15-18H,5-14H2,1-4H3,(H,25,26). The van der Waals surface area contributed by atoms with Crippen molar-refractivity contribution in [2.45, 2.75) is 65.0 Å². The van der Waals surface area contributed by atoms with Gasteiger partial charge in [-0.2, -0.15) is 0 Å². The maximum Gasteiger partial charge on any atom is 0.410 e. The number of piperidine rings is 1. The molecule has 3 fully saturated rings. The van der Waals surface area contributed by atoms with Gasteiger partial charge in [-0.25, -0.2) is 9.59 Å². The number of hydrogen-bond acceptors (Lipinski definition) is 4. The molecule has 0 aliphatic carbocycles. The molecule has 0 saturated carbocycles. The lowest BCUT2D eigenvalue weighted by Gasteiger charge is -2.40. The van der Waals surface area contributed by atoms with E-state index in [0.717, 1.165) is 51.9 Å². The summed E-state index contributed by atoms with van der Waals surface area (Å²) < 4.78 is 5.87. The molecule has 3 aliphatic rings. The summed E-state index contributed by atoms with van der Waals surface area (Å²) in [4.78, 5) is 29.6. The lowest BCUT2D eigenvalue weighted by molar-refractivity contribution is 0.00121. The number of rotatable bonds is 4. The van der Waals surface area contributed by atoms with Crippen LogP contribution in [-0.2, 0) is 4.74 Å². The molecule has 0 spiro atoms. The van der Waals surface area contributed by atoms with Crippen molar-refractivity contribution in [3.05, 3.63) is 0 Å². The molecule has 160 valence electrons. The minimum Gasteiger partial charge on any atom is -0.465 e. The van der Waals surface area contributed by atoms with Crippen molar-refractivity contribution >= 4 is 12.2 Å². The van der Waals surface area contributed by atoms with Gasteiger partial charge in [0.25, 0.3) is 0 Å². The number of carboxylic acid groups (broad SMARTS) is 1. The summed E-state index contributed by atoms with van der Waals surface area (Å²) in [7, 11) is 0. The van der Waals surface area contributed by atoms with Gasteiger partial charge < -0.3 is 19.6 Å². The smallest absolute Gasteiger partial charge is 0.410 e. The molecule has 3 aliphatic heterocycles. The fourth-order valence-electron chi connectivity index (χ4n) is 5.32. The second-order valence-electron chi connectivity index (χ2n) is 9.88. The number of nitrogens with zero attached hydrogens (tertiary/aromatic N) is 3. The van der Waals surface area contributed by atoms with Crippen LogP contribution in [0.15, 0.2) is 0 Å². The Morgan fingerprint density at radius 3 is 2.32 bits per heavy atom. The lowest BCUT2D eigenvalue weighted by Crippen LogP contribution is -2.50. The van der Waals surface area contributed by atoms with E-state index >= 15 is 0 Å². The van der Waals surface area contributed by atoms with Gasteiger partial charge in [0.15, 0.2) is 0 Å². The average Bonchev–Trinajstić information content (AvgIpc) is 3.23. The summed E-state index contributed by atoms with van der Waals surface area (Å²) in [6.45, 7) is 13.3. The third kappa shape index (κ3) is 5.10. The van der Waals surface area contributed by atoms with E-state index in [2.05, 4.69) is 18.7 Å². The summed E-state index contributed by atoms with van der Waals surface area (Å²) in [6.07, 6.45) is 2.99. The second-order valence-corrected chi connectivity index (χ2v) is 9.88. The fourth-order valence-corrected chi connectivity index (χ4v) is 5.32. The first kappa shape index (κ1) is 21.2. The maximum atomic E-state index is 12.5. The molecule has 28 heavy (non-hydrogen) atoms. The molecule has 0 aromatic rings. The molecule has 3 rings (SSSR count). The van der Waals surface area contributed by atoms with Crippen LogP contribution in [0.4, 0.5) is 9.59 Å².